The summed E-state index contributed by atoms with van der Waals surface area (Å²) in [6, 6.07) is 36.9. The first-order chi connectivity index (χ1) is 15.3. The number of rotatable bonds is 3. The lowest BCUT2D eigenvalue weighted by molar-refractivity contribution is 1.00. The van der Waals surface area contributed by atoms with E-state index in [-0.39, 0.29) is 0 Å². The zero-order valence-electron chi connectivity index (χ0n) is 16.7. The van der Waals surface area contributed by atoms with Crippen LogP contribution in [-0.4, -0.2) is 19.6 Å². The second kappa shape index (κ2) is 7.18. The normalized spacial score (nSPS) is 11.2. The molecule has 0 aliphatic carbocycles. The van der Waals surface area contributed by atoms with Crippen LogP contribution in [0, 0.1) is 0 Å². The fraction of sp³-hybridized carbons (Fsp3) is 0. The van der Waals surface area contributed by atoms with Gasteiger partial charge < -0.3 is 0 Å². The van der Waals surface area contributed by atoms with Gasteiger partial charge in [0.25, 0.3) is 0 Å². The first-order valence-electron chi connectivity index (χ1n) is 10.2. The molecule has 0 aliphatic rings. The van der Waals surface area contributed by atoms with Gasteiger partial charge in [0, 0.05) is 16.5 Å². The van der Waals surface area contributed by atoms with Crippen LogP contribution in [0.4, 0.5) is 0 Å². The Hall–Kier alpha value is -4.31. The molecule has 0 radical (unpaired) electrons. The van der Waals surface area contributed by atoms with Crippen molar-refractivity contribution in [3.05, 3.63) is 109 Å². The summed E-state index contributed by atoms with van der Waals surface area (Å²) in [5.41, 5.74) is 6.66. The van der Waals surface area contributed by atoms with Crippen LogP contribution < -0.4 is 0 Å². The number of hydrogen-bond donors (Lipinski definition) is 0. The van der Waals surface area contributed by atoms with Crippen molar-refractivity contribution in [3.8, 4) is 34.0 Å². The molecular formula is C27H18N4. The fourth-order valence-electron chi connectivity index (χ4n) is 3.88. The van der Waals surface area contributed by atoms with E-state index in [1.165, 1.54) is 0 Å². The monoisotopic (exact) mass is 398 g/mol. The van der Waals surface area contributed by atoms with Crippen molar-refractivity contribution >= 4 is 16.4 Å². The highest BCUT2D eigenvalue weighted by Crippen LogP contribution is 2.28. The molecule has 0 saturated heterocycles. The third-order valence-corrected chi connectivity index (χ3v) is 5.43. The van der Waals surface area contributed by atoms with Crippen LogP contribution in [0.5, 0.6) is 0 Å². The summed E-state index contributed by atoms with van der Waals surface area (Å²) in [5.74, 6) is 0.693. The molecule has 0 saturated carbocycles. The number of aromatic nitrogens is 4. The minimum absolute atomic E-state index is 0.693. The lowest BCUT2D eigenvalue weighted by Gasteiger charge is -2.07. The first kappa shape index (κ1) is 17.5. The van der Waals surface area contributed by atoms with Gasteiger partial charge in [0.2, 0.25) is 0 Å². The van der Waals surface area contributed by atoms with E-state index in [0.717, 1.165) is 44.6 Å². The fourth-order valence-corrected chi connectivity index (χ4v) is 3.88. The molecular weight excluding hydrogens is 380 g/mol. The molecule has 0 aliphatic heterocycles. The predicted molar refractivity (Wildman–Crippen MR) is 125 cm³/mol. The molecule has 0 spiro atoms. The van der Waals surface area contributed by atoms with Crippen LogP contribution in [0.2, 0.25) is 0 Å². The van der Waals surface area contributed by atoms with Crippen LogP contribution in [0.25, 0.3) is 50.5 Å². The first-order valence-corrected chi connectivity index (χ1v) is 10.2. The molecule has 146 valence electrons. The molecule has 0 atom stereocenters. The molecule has 4 heteroatoms. The zero-order valence-corrected chi connectivity index (χ0v) is 16.7. The van der Waals surface area contributed by atoms with Gasteiger partial charge in [-0.3, -0.25) is 0 Å². The molecule has 0 bridgehead atoms. The number of nitrogens with zero attached hydrogens (tertiary/aromatic N) is 4. The molecule has 0 fully saturated rings. The lowest BCUT2D eigenvalue weighted by atomic mass is 10.1. The van der Waals surface area contributed by atoms with E-state index in [1.807, 2.05) is 71.2 Å². The molecule has 4 nitrogen and oxygen atoms in total. The molecule has 0 amide bonds. The Morgan fingerprint density at radius 3 is 2.00 bits per heavy atom. The van der Waals surface area contributed by atoms with E-state index in [4.69, 9.17) is 15.1 Å². The number of benzene rings is 3. The van der Waals surface area contributed by atoms with Crippen LogP contribution in [0.15, 0.2) is 109 Å². The van der Waals surface area contributed by atoms with Crippen LogP contribution in [-0.2, 0) is 0 Å². The molecule has 3 heterocycles. The average Bonchev–Trinajstić information content (AvgIpc) is 3.30. The highest BCUT2D eigenvalue weighted by molar-refractivity contribution is 5.83. The minimum atomic E-state index is 0.693. The van der Waals surface area contributed by atoms with E-state index >= 15 is 0 Å². The van der Waals surface area contributed by atoms with Gasteiger partial charge in [0.05, 0.1) is 22.4 Å². The summed E-state index contributed by atoms with van der Waals surface area (Å²) in [6.45, 7) is 0. The predicted octanol–water partition coefficient (Wildman–Crippen LogP) is 6.28. The van der Waals surface area contributed by atoms with Gasteiger partial charge in [-0.25, -0.2) is 14.5 Å². The summed E-state index contributed by atoms with van der Waals surface area (Å²) in [7, 11) is 0. The second-order valence-electron chi connectivity index (χ2n) is 7.45. The largest absolute Gasteiger partial charge is 0.232 e. The Kier molecular flexibility index (Phi) is 4.06. The number of pyridine rings is 1. The van der Waals surface area contributed by atoms with Crippen LogP contribution in [0.3, 0.4) is 0 Å². The third kappa shape index (κ3) is 3.15. The van der Waals surface area contributed by atoms with Gasteiger partial charge in [0.15, 0.2) is 5.82 Å². The maximum absolute atomic E-state index is 4.91. The highest BCUT2D eigenvalue weighted by Gasteiger charge is 2.13. The number of para-hydroxylation sites is 1. The molecule has 31 heavy (non-hydrogen) atoms. The number of fused-ring (bicyclic) bond motifs is 3. The third-order valence-electron chi connectivity index (χ3n) is 5.43. The molecule has 0 N–H and O–H groups in total. The van der Waals surface area contributed by atoms with Crippen molar-refractivity contribution in [3.63, 3.8) is 0 Å². The Morgan fingerprint density at radius 2 is 1.19 bits per heavy atom. The summed E-state index contributed by atoms with van der Waals surface area (Å²) < 4.78 is 1.98. The van der Waals surface area contributed by atoms with Crippen molar-refractivity contribution in [2.45, 2.75) is 0 Å². The van der Waals surface area contributed by atoms with Gasteiger partial charge >= 0.3 is 0 Å². The highest BCUT2D eigenvalue weighted by atomic mass is 15.2. The summed E-state index contributed by atoms with van der Waals surface area (Å²) >= 11 is 0. The maximum Gasteiger partial charge on any atom is 0.160 e. The smallest absolute Gasteiger partial charge is 0.160 e. The van der Waals surface area contributed by atoms with Crippen molar-refractivity contribution in [2.75, 3.05) is 0 Å². The second-order valence-corrected chi connectivity index (χ2v) is 7.45. The van der Waals surface area contributed by atoms with Crippen LogP contribution in [0.1, 0.15) is 0 Å². The quantitative estimate of drug-likeness (QED) is 0.352. The van der Waals surface area contributed by atoms with Crippen molar-refractivity contribution in [1.82, 2.24) is 19.6 Å². The van der Waals surface area contributed by atoms with Gasteiger partial charge in [0.1, 0.15) is 5.69 Å². The summed E-state index contributed by atoms with van der Waals surface area (Å²) in [4.78, 5) is 9.75. The van der Waals surface area contributed by atoms with Crippen molar-refractivity contribution < 1.29 is 0 Å². The Bertz CT molecular complexity index is 1460. The maximum atomic E-state index is 4.91. The van der Waals surface area contributed by atoms with Gasteiger partial charge in [-0.1, -0.05) is 84.9 Å². The molecule has 6 rings (SSSR count). The SMILES string of the molecule is c1ccc(-c2cc(-c3cc4ccc5ccccc5n4n3)nc(-c3ccccc3)n2)cc1. The minimum Gasteiger partial charge on any atom is -0.232 e. The summed E-state index contributed by atoms with van der Waals surface area (Å²) in [6.07, 6.45) is 0. The van der Waals surface area contributed by atoms with Gasteiger partial charge in [-0.2, -0.15) is 5.10 Å². The van der Waals surface area contributed by atoms with E-state index in [2.05, 4.69) is 42.5 Å². The average molecular weight is 398 g/mol. The summed E-state index contributed by atoms with van der Waals surface area (Å²) in [5, 5.41) is 6.06. The van der Waals surface area contributed by atoms with E-state index in [0.29, 0.717) is 5.82 Å². The molecule has 3 aromatic heterocycles. The van der Waals surface area contributed by atoms with E-state index in [9.17, 15) is 0 Å². The number of hydrogen-bond acceptors (Lipinski definition) is 3. The Labute approximate surface area is 179 Å². The Balaban J connectivity index is 1.58. The van der Waals surface area contributed by atoms with E-state index in [1.54, 1.807) is 0 Å². The lowest BCUT2D eigenvalue weighted by Crippen LogP contribution is -1.96. The van der Waals surface area contributed by atoms with Crippen LogP contribution >= 0.6 is 0 Å². The molecule has 6 aromatic rings. The molecule has 0 unspecified atom stereocenters. The topological polar surface area (TPSA) is 43.1 Å². The van der Waals surface area contributed by atoms with Gasteiger partial charge in [-0.15, -0.1) is 0 Å². The van der Waals surface area contributed by atoms with Gasteiger partial charge in [-0.05, 0) is 24.3 Å². The van der Waals surface area contributed by atoms with Crippen molar-refractivity contribution in [2.24, 2.45) is 0 Å². The zero-order chi connectivity index (χ0) is 20.6. The van der Waals surface area contributed by atoms with E-state index < -0.39 is 0 Å². The molecule has 3 aromatic carbocycles. The Morgan fingerprint density at radius 1 is 0.516 bits per heavy atom. The van der Waals surface area contributed by atoms with Crippen molar-refractivity contribution in [1.29, 1.82) is 0 Å². The standard InChI is InChI=1S/C27H18N4/c1-3-9-19(10-4-1)23-18-24(29-27(28-23)21-12-5-2-6-13-21)25-17-22-16-15-20-11-7-8-14-26(20)31(22)30-25/h1-18H.